The Bertz CT molecular complexity index is 479. The Balaban J connectivity index is 2.42. The van der Waals surface area contributed by atoms with Gasteiger partial charge in [-0.2, -0.15) is 0 Å². The van der Waals surface area contributed by atoms with E-state index in [-0.39, 0.29) is 11.9 Å². The van der Waals surface area contributed by atoms with E-state index in [4.69, 9.17) is 5.73 Å². The summed E-state index contributed by atoms with van der Waals surface area (Å²) in [6.45, 7) is 2.03. The molecule has 17 heavy (non-hydrogen) atoms. The third-order valence-corrected chi connectivity index (χ3v) is 2.84. The summed E-state index contributed by atoms with van der Waals surface area (Å²) in [5, 5.41) is 0. The molecule has 4 heteroatoms. The molecule has 0 saturated carbocycles. The highest BCUT2D eigenvalue weighted by atomic mass is 19.1. The summed E-state index contributed by atoms with van der Waals surface area (Å²) in [7, 11) is 0. The van der Waals surface area contributed by atoms with Gasteiger partial charge in [-0.05, 0) is 24.5 Å². The molecule has 90 valence electrons. The quantitative estimate of drug-likeness (QED) is 0.880. The predicted molar refractivity (Wildman–Crippen MR) is 65.5 cm³/mol. The van der Waals surface area contributed by atoms with Gasteiger partial charge in [0, 0.05) is 18.4 Å². The number of benzene rings is 1. The summed E-state index contributed by atoms with van der Waals surface area (Å²) in [5.74, 6) is -0.246. The average Bonchev–Trinajstić information content (AvgIpc) is 2.82. The Hall–Kier alpha value is -1.68. The molecule has 2 rings (SSSR count). The molecule has 1 aromatic carbocycles. The SMILES string of the molecule is CCC(N)Cc1cccc(F)c1-n1ccnc1. The molecule has 0 fully saturated rings. The van der Waals surface area contributed by atoms with Crippen LogP contribution in [0.4, 0.5) is 4.39 Å². The Kier molecular flexibility index (Phi) is 3.54. The van der Waals surface area contributed by atoms with Crippen LogP contribution >= 0.6 is 0 Å². The number of para-hydroxylation sites is 1. The molecule has 0 amide bonds. The summed E-state index contributed by atoms with van der Waals surface area (Å²) < 4.78 is 15.6. The van der Waals surface area contributed by atoms with Crippen molar-refractivity contribution in [2.45, 2.75) is 25.8 Å². The summed E-state index contributed by atoms with van der Waals surface area (Å²) in [6.07, 6.45) is 6.51. The third-order valence-electron chi connectivity index (χ3n) is 2.84. The minimum absolute atomic E-state index is 0.0547. The van der Waals surface area contributed by atoms with Gasteiger partial charge in [0.2, 0.25) is 0 Å². The summed E-state index contributed by atoms with van der Waals surface area (Å²) >= 11 is 0. The van der Waals surface area contributed by atoms with E-state index in [1.165, 1.54) is 6.07 Å². The molecule has 1 atom stereocenters. The normalized spacial score (nSPS) is 12.6. The van der Waals surface area contributed by atoms with Gasteiger partial charge in [0.05, 0.1) is 12.0 Å². The molecule has 0 spiro atoms. The zero-order chi connectivity index (χ0) is 12.3. The van der Waals surface area contributed by atoms with Gasteiger partial charge in [-0.3, -0.25) is 0 Å². The van der Waals surface area contributed by atoms with Crippen LogP contribution in [0.5, 0.6) is 0 Å². The Morgan fingerprint density at radius 2 is 2.29 bits per heavy atom. The number of imidazole rings is 1. The van der Waals surface area contributed by atoms with Gasteiger partial charge in [0.25, 0.3) is 0 Å². The Morgan fingerprint density at radius 1 is 1.47 bits per heavy atom. The molecule has 0 aliphatic carbocycles. The lowest BCUT2D eigenvalue weighted by Crippen LogP contribution is -2.22. The second-order valence-corrected chi connectivity index (χ2v) is 4.09. The van der Waals surface area contributed by atoms with Gasteiger partial charge in [-0.1, -0.05) is 19.1 Å². The van der Waals surface area contributed by atoms with E-state index < -0.39 is 0 Å². The molecule has 1 heterocycles. The molecule has 1 aromatic heterocycles. The lowest BCUT2D eigenvalue weighted by Gasteiger charge is -2.14. The fourth-order valence-electron chi connectivity index (χ4n) is 1.83. The largest absolute Gasteiger partial charge is 0.327 e. The van der Waals surface area contributed by atoms with Crippen molar-refractivity contribution in [1.82, 2.24) is 9.55 Å². The van der Waals surface area contributed by atoms with Gasteiger partial charge < -0.3 is 10.3 Å². The van der Waals surface area contributed by atoms with Crippen LogP contribution in [0.1, 0.15) is 18.9 Å². The number of hydrogen-bond donors (Lipinski definition) is 1. The number of hydrogen-bond acceptors (Lipinski definition) is 2. The first-order valence-electron chi connectivity index (χ1n) is 5.73. The highest BCUT2D eigenvalue weighted by molar-refractivity contribution is 5.42. The van der Waals surface area contributed by atoms with Crippen LogP contribution in [0.3, 0.4) is 0 Å². The van der Waals surface area contributed by atoms with Gasteiger partial charge in [0.1, 0.15) is 5.82 Å². The highest BCUT2D eigenvalue weighted by Gasteiger charge is 2.12. The third kappa shape index (κ3) is 2.53. The molecule has 0 aliphatic heterocycles. The van der Waals surface area contributed by atoms with E-state index in [0.29, 0.717) is 12.1 Å². The van der Waals surface area contributed by atoms with Gasteiger partial charge >= 0.3 is 0 Å². The van der Waals surface area contributed by atoms with Crippen LogP contribution < -0.4 is 5.73 Å². The number of nitrogens with two attached hydrogens (primary N) is 1. The summed E-state index contributed by atoms with van der Waals surface area (Å²) in [5.41, 5.74) is 7.39. The molecule has 2 aromatic rings. The maximum absolute atomic E-state index is 13.9. The van der Waals surface area contributed by atoms with Crippen LogP contribution in [-0.4, -0.2) is 15.6 Å². The van der Waals surface area contributed by atoms with Crippen molar-refractivity contribution < 1.29 is 4.39 Å². The molecular weight excluding hydrogens is 217 g/mol. The number of aromatic nitrogens is 2. The topological polar surface area (TPSA) is 43.8 Å². The van der Waals surface area contributed by atoms with E-state index in [2.05, 4.69) is 4.98 Å². The molecule has 1 unspecified atom stereocenters. The minimum atomic E-state index is -0.246. The second kappa shape index (κ2) is 5.10. The van der Waals surface area contributed by atoms with Crippen molar-refractivity contribution in [2.75, 3.05) is 0 Å². The zero-order valence-electron chi connectivity index (χ0n) is 9.81. The van der Waals surface area contributed by atoms with Crippen molar-refractivity contribution in [3.63, 3.8) is 0 Å². The van der Waals surface area contributed by atoms with E-state index in [1.807, 2.05) is 13.0 Å². The Morgan fingerprint density at radius 3 is 2.94 bits per heavy atom. The van der Waals surface area contributed by atoms with Crippen molar-refractivity contribution in [3.05, 3.63) is 48.3 Å². The van der Waals surface area contributed by atoms with E-state index >= 15 is 0 Å². The molecule has 0 aliphatic rings. The van der Waals surface area contributed by atoms with Crippen LogP contribution in [0.15, 0.2) is 36.9 Å². The van der Waals surface area contributed by atoms with Crippen molar-refractivity contribution in [2.24, 2.45) is 5.73 Å². The van der Waals surface area contributed by atoms with Crippen molar-refractivity contribution in [1.29, 1.82) is 0 Å². The molecule has 0 radical (unpaired) electrons. The molecular formula is C13H16FN3. The molecule has 0 saturated heterocycles. The van der Waals surface area contributed by atoms with Gasteiger partial charge in [-0.25, -0.2) is 9.37 Å². The van der Waals surface area contributed by atoms with Gasteiger partial charge in [0.15, 0.2) is 0 Å². The van der Waals surface area contributed by atoms with Crippen molar-refractivity contribution in [3.8, 4) is 5.69 Å². The monoisotopic (exact) mass is 233 g/mol. The van der Waals surface area contributed by atoms with Crippen LogP contribution in [-0.2, 0) is 6.42 Å². The fourth-order valence-corrected chi connectivity index (χ4v) is 1.83. The lowest BCUT2D eigenvalue weighted by atomic mass is 10.0. The number of nitrogens with zero attached hydrogens (tertiary/aromatic N) is 2. The maximum Gasteiger partial charge on any atom is 0.147 e. The predicted octanol–water partition coefficient (Wildman–Crippen LogP) is 2.29. The first-order valence-corrected chi connectivity index (χ1v) is 5.73. The number of rotatable bonds is 4. The maximum atomic E-state index is 13.9. The highest BCUT2D eigenvalue weighted by Crippen LogP contribution is 2.20. The minimum Gasteiger partial charge on any atom is -0.327 e. The summed E-state index contributed by atoms with van der Waals surface area (Å²) in [4.78, 5) is 3.95. The van der Waals surface area contributed by atoms with E-state index in [9.17, 15) is 4.39 Å². The molecule has 3 nitrogen and oxygen atoms in total. The standard InChI is InChI=1S/C13H16FN3/c1-2-11(15)8-10-4-3-5-12(14)13(10)17-7-6-16-9-17/h3-7,9,11H,2,8,15H2,1H3. The first kappa shape index (κ1) is 11.8. The van der Waals surface area contributed by atoms with Crippen LogP contribution in [0, 0.1) is 5.82 Å². The van der Waals surface area contributed by atoms with E-state index in [1.54, 1.807) is 29.4 Å². The van der Waals surface area contributed by atoms with Crippen LogP contribution in [0.25, 0.3) is 5.69 Å². The second-order valence-electron chi connectivity index (χ2n) is 4.09. The zero-order valence-corrected chi connectivity index (χ0v) is 9.81. The number of halogens is 1. The fraction of sp³-hybridized carbons (Fsp3) is 0.308. The lowest BCUT2D eigenvalue weighted by molar-refractivity contribution is 0.604. The molecule has 2 N–H and O–H groups in total. The van der Waals surface area contributed by atoms with E-state index in [0.717, 1.165) is 12.0 Å². The molecule has 0 bridgehead atoms. The van der Waals surface area contributed by atoms with Crippen LogP contribution in [0.2, 0.25) is 0 Å². The smallest absolute Gasteiger partial charge is 0.147 e. The van der Waals surface area contributed by atoms with Gasteiger partial charge in [-0.15, -0.1) is 0 Å². The van der Waals surface area contributed by atoms with Crippen molar-refractivity contribution >= 4 is 0 Å². The summed E-state index contributed by atoms with van der Waals surface area (Å²) in [6, 6.07) is 5.14. The first-order chi connectivity index (χ1) is 8.22. The average molecular weight is 233 g/mol. The Labute approximate surface area is 100 Å².